The average molecular weight is 361 g/mol. The minimum Gasteiger partial charge on any atom is -0.374 e. The van der Waals surface area contributed by atoms with Gasteiger partial charge in [0.2, 0.25) is 0 Å². The van der Waals surface area contributed by atoms with Crippen molar-refractivity contribution >= 4 is 27.3 Å². The summed E-state index contributed by atoms with van der Waals surface area (Å²) < 4.78 is 7.41. The van der Waals surface area contributed by atoms with Gasteiger partial charge in [0.15, 0.2) is 0 Å². The van der Waals surface area contributed by atoms with Crippen molar-refractivity contribution in [1.29, 1.82) is 0 Å². The van der Waals surface area contributed by atoms with E-state index in [-0.39, 0.29) is 11.6 Å². The molecule has 3 N–H and O–H groups in total. The summed E-state index contributed by atoms with van der Waals surface area (Å²) in [4.78, 5) is 1.34. The van der Waals surface area contributed by atoms with E-state index in [0.717, 1.165) is 25.9 Å². The Morgan fingerprint density at radius 2 is 2.45 bits per heavy atom. The average Bonchev–Trinajstić information content (AvgIpc) is 2.81. The lowest BCUT2D eigenvalue weighted by Gasteiger charge is -2.45. The molecular weight excluding hydrogens is 336 g/mol. The third-order valence-corrected chi connectivity index (χ3v) is 6.29. The molecule has 5 heteroatoms. The molecule has 1 aliphatic carbocycles. The summed E-state index contributed by atoms with van der Waals surface area (Å²) in [6, 6.07) is 2.27. The van der Waals surface area contributed by atoms with Crippen molar-refractivity contribution in [1.82, 2.24) is 5.43 Å². The second-order valence-electron chi connectivity index (χ2n) is 5.81. The summed E-state index contributed by atoms with van der Waals surface area (Å²) in [6.45, 7) is 5.15. The predicted octanol–water partition coefficient (Wildman–Crippen LogP) is 3.87. The van der Waals surface area contributed by atoms with Crippen LogP contribution < -0.4 is 11.3 Å². The molecule has 1 heterocycles. The summed E-state index contributed by atoms with van der Waals surface area (Å²) in [5, 5.41) is 2.11. The fourth-order valence-electron chi connectivity index (χ4n) is 3.43. The molecule has 0 bridgehead atoms. The second-order valence-corrected chi connectivity index (χ2v) is 7.67. The van der Waals surface area contributed by atoms with Gasteiger partial charge in [-0.2, -0.15) is 0 Å². The molecule has 3 nitrogen and oxygen atoms in total. The van der Waals surface area contributed by atoms with Crippen molar-refractivity contribution in [2.75, 3.05) is 6.61 Å². The first-order valence-corrected chi connectivity index (χ1v) is 9.10. The SMILES string of the molecule is CCOC1(C(Cc2sccc2Br)NN)CCCC(C)C1. The van der Waals surface area contributed by atoms with Gasteiger partial charge in [-0.3, -0.25) is 11.3 Å². The topological polar surface area (TPSA) is 47.3 Å². The molecular formula is C15H25BrN2OS. The molecule has 0 radical (unpaired) electrons. The second kappa shape index (κ2) is 7.36. The van der Waals surface area contributed by atoms with Crippen LogP contribution in [-0.4, -0.2) is 18.2 Å². The van der Waals surface area contributed by atoms with Gasteiger partial charge in [-0.05, 0) is 53.1 Å². The lowest BCUT2D eigenvalue weighted by Crippen LogP contribution is -2.57. The highest BCUT2D eigenvalue weighted by atomic mass is 79.9. The van der Waals surface area contributed by atoms with Gasteiger partial charge in [-0.15, -0.1) is 11.3 Å². The normalized spacial score (nSPS) is 28.5. The molecule has 3 atom stereocenters. The highest BCUT2D eigenvalue weighted by molar-refractivity contribution is 9.10. The van der Waals surface area contributed by atoms with Crippen LogP contribution in [0.25, 0.3) is 0 Å². The Balaban J connectivity index is 2.18. The number of halogens is 1. The van der Waals surface area contributed by atoms with E-state index in [9.17, 15) is 0 Å². The number of nitrogens with two attached hydrogens (primary N) is 1. The third kappa shape index (κ3) is 3.63. The van der Waals surface area contributed by atoms with E-state index in [1.807, 2.05) is 0 Å². The molecule has 0 saturated heterocycles. The number of nitrogens with one attached hydrogen (secondary N) is 1. The first-order chi connectivity index (χ1) is 9.61. The van der Waals surface area contributed by atoms with Crippen LogP contribution in [0.1, 0.15) is 44.4 Å². The van der Waals surface area contributed by atoms with E-state index in [2.05, 4.69) is 46.6 Å². The van der Waals surface area contributed by atoms with E-state index in [0.29, 0.717) is 5.92 Å². The molecule has 0 aromatic carbocycles. The van der Waals surface area contributed by atoms with Gasteiger partial charge < -0.3 is 4.74 Å². The molecule has 1 aliphatic rings. The van der Waals surface area contributed by atoms with Crippen LogP contribution in [0, 0.1) is 5.92 Å². The maximum Gasteiger partial charge on any atom is 0.0854 e. The van der Waals surface area contributed by atoms with Crippen LogP contribution in [0.2, 0.25) is 0 Å². The number of rotatable bonds is 6. The first-order valence-electron chi connectivity index (χ1n) is 7.43. The van der Waals surface area contributed by atoms with Crippen molar-refractivity contribution in [3.8, 4) is 0 Å². The maximum absolute atomic E-state index is 6.23. The minimum atomic E-state index is -0.120. The molecule has 0 aliphatic heterocycles. The number of hydrogen-bond donors (Lipinski definition) is 2. The van der Waals surface area contributed by atoms with Gasteiger partial charge in [0.1, 0.15) is 0 Å². The van der Waals surface area contributed by atoms with Gasteiger partial charge in [-0.25, -0.2) is 0 Å². The monoisotopic (exact) mass is 360 g/mol. The standard InChI is InChI=1S/C15H25BrN2OS/c1-3-19-15(7-4-5-11(2)10-15)14(18-17)9-13-12(16)6-8-20-13/h6,8,11,14,18H,3-5,7,9-10,17H2,1-2H3. The molecule has 20 heavy (non-hydrogen) atoms. The van der Waals surface area contributed by atoms with Crippen molar-refractivity contribution in [2.24, 2.45) is 11.8 Å². The molecule has 0 amide bonds. The van der Waals surface area contributed by atoms with Crippen molar-refractivity contribution in [3.05, 3.63) is 20.8 Å². The van der Waals surface area contributed by atoms with Gasteiger partial charge in [0, 0.05) is 22.4 Å². The predicted molar refractivity (Wildman–Crippen MR) is 88.8 cm³/mol. The van der Waals surface area contributed by atoms with Crippen LogP contribution in [0.5, 0.6) is 0 Å². The van der Waals surface area contributed by atoms with Crippen LogP contribution in [-0.2, 0) is 11.2 Å². The largest absolute Gasteiger partial charge is 0.374 e. The van der Waals surface area contributed by atoms with Crippen molar-refractivity contribution in [2.45, 2.75) is 57.6 Å². The minimum absolute atomic E-state index is 0.120. The maximum atomic E-state index is 6.23. The van der Waals surface area contributed by atoms with Crippen LogP contribution >= 0.6 is 27.3 Å². The van der Waals surface area contributed by atoms with E-state index in [4.69, 9.17) is 10.6 Å². The smallest absolute Gasteiger partial charge is 0.0854 e. The molecule has 1 aromatic rings. The quantitative estimate of drug-likeness (QED) is 0.597. The van der Waals surface area contributed by atoms with Crippen LogP contribution in [0.15, 0.2) is 15.9 Å². The Bertz CT molecular complexity index is 422. The third-order valence-electron chi connectivity index (χ3n) is 4.34. The highest BCUT2D eigenvalue weighted by Gasteiger charge is 2.42. The lowest BCUT2D eigenvalue weighted by molar-refractivity contribution is -0.100. The molecule has 1 aromatic heterocycles. The van der Waals surface area contributed by atoms with Crippen LogP contribution in [0.4, 0.5) is 0 Å². The van der Waals surface area contributed by atoms with Crippen molar-refractivity contribution in [3.63, 3.8) is 0 Å². The fourth-order valence-corrected chi connectivity index (χ4v) is 4.99. The molecule has 0 spiro atoms. The zero-order chi connectivity index (χ0) is 14.6. The molecule has 1 fully saturated rings. The zero-order valence-corrected chi connectivity index (χ0v) is 14.7. The molecule has 3 unspecified atom stereocenters. The van der Waals surface area contributed by atoms with E-state index < -0.39 is 0 Å². The van der Waals surface area contributed by atoms with E-state index >= 15 is 0 Å². The van der Waals surface area contributed by atoms with Gasteiger partial charge in [-0.1, -0.05) is 19.8 Å². The summed E-state index contributed by atoms with van der Waals surface area (Å²) in [7, 11) is 0. The number of hydrazine groups is 1. The summed E-state index contributed by atoms with van der Waals surface area (Å²) in [6.07, 6.45) is 5.64. The summed E-state index contributed by atoms with van der Waals surface area (Å²) in [5.41, 5.74) is 2.92. The number of thiophene rings is 1. The molecule has 114 valence electrons. The Kier molecular flexibility index (Phi) is 6.05. The number of hydrogen-bond acceptors (Lipinski definition) is 4. The highest BCUT2D eigenvalue weighted by Crippen LogP contribution is 2.39. The van der Waals surface area contributed by atoms with E-state index in [1.54, 1.807) is 11.3 Å². The Morgan fingerprint density at radius 1 is 1.65 bits per heavy atom. The van der Waals surface area contributed by atoms with Gasteiger partial charge in [0.25, 0.3) is 0 Å². The van der Waals surface area contributed by atoms with Gasteiger partial charge >= 0.3 is 0 Å². The van der Waals surface area contributed by atoms with Crippen molar-refractivity contribution < 1.29 is 4.74 Å². The summed E-state index contributed by atoms with van der Waals surface area (Å²) in [5.74, 6) is 6.60. The Hall–Kier alpha value is 0.0600. The zero-order valence-electron chi connectivity index (χ0n) is 12.3. The first kappa shape index (κ1) is 16.4. The Labute approximate surface area is 134 Å². The number of ether oxygens (including phenoxy) is 1. The van der Waals surface area contributed by atoms with Gasteiger partial charge in [0.05, 0.1) is 11.6 Å². The fraction of sp³-hybridized carbons (Fsp3) is 0.733. The summed E-state index contributed by atoms with van der Waals surface area (Å²) >= 11 is 5.39. The van der Waals surface area contributed by atoms with E-state index in [1.165, 1.54) is 22.2 Å². The molecule has 1 saturated carbocycles. The molecule has 2 rings (SSSR count). The lowest BCUT2D eigenvalue weighted by atomic mass is 9.73. The van der Waals surface area contributed by atoms with Crippen LogP contribution in [0.3, 0.4) is 0 Å². The Morgan fingerprint density at radius 3 is 3.00 bits per heavy atom.